The summed E-state index contributed by atoms with van der Waals surface area (Å²) in [6, 6.07) is 2.13. The van der Waals surface area contributed by atoms with Gasteiger partial charge in [0.15, 0.2) is 0 Å². The second-order valence-electron chi connectivity index (χ2n) is 7.40. The fraction of sp³-hybridized carbons (Fsp3) is 1.00. The van der Waals surface area contributed by atoms with Gasteiger partial charge in [0, 0.05) is 44.3 Å². The Morgan fingerprint density at radius 1 is 1.20 bits per heavy atom. The molecule has 4 unspecified atom stereocenters. The summed E-state index contributed by atoms with van der Waals surface area (Å²) in [5, 5.41) is 3.74. The SMILES string of the molecule is CC1CNC(C2CC2)CN1CC1CN2CCCC2CO1. The van der Waals surface area contributed by atoms with Gasteiger partial charge in [-0.3, -0.25) is 9.80 Å². The van der Waals surface area contributed by atoms with Crippen LogP contribution in [-0.4, -0.2) is 73.4 Å². The minimum atomic E-state index is 0.435. The molecule has 0 aromatic carbocycles. The smallest absolute Gasteiger partial charge is 0.0829 e. The molecule has 1 N–H and O–H groups in total. The molecule has 0 amide bonds. The number of rotatable bonds is 3. The predicted molar refractivity (Wildman–Crippen MR) is 79.9 cm³/mol. The van der Waals surface area contributed by atoms with E-state index < -0.39 is 0 Å². The minimum Gasteiger partial charge on any atom is -0.374 e. The van der Waals surface area contributed by atoms with E-state index in [1.807, 2.05) is 0 Å². The zero-order valence-corrected chi connectivity index (χ0v) is 12.8. The van der Waals surface area contributed by atoms with Crippen LogP contribution in [0.2, 0.25) is 0 Å². The van der Waals surface area contributed by atoms with E-state index in [1.54, 1.807) is 0 Å². The van der Waals surface area contributed by atoms with Crippen LogP contribution in [0.5, 0.6) is 0 Å². The van der Waals surface area contributed by atoms with Gasteiger partial charge < -0.3 is 10.1 Å². The summed E-state index contributed by atoms with van der Waals surface area (Å²) in [5.74, 6) is 0.959. The maximum absolute atomic E-state index is 6.15. The fourth-order valence-electron chi connectivity index (χ4n) is 4.27. The van der Waals surface area contributed by atoms with Gasteiger partial charge in [0.05, 0.1) is 12.7 Å². The van der Waals surface area contributed by atoms with Crippen molar-refractivity contribution >= 4 is 0 Å². The van der Waals surface area contributed by atoms with Crippen molar-refractivity contribution < 1.29 is 4.74 Å². The number of nitrogens with one attached hydrogen (secondary N) is 1. The number of nitrogens with zero attached hydrogens (tertiary/aromatic N) is 2. The molecule has 4 rings (SSSR count). The summed E-state index contributed by atoms with van der Waals surface area (Å²) < 4.78 is 6.15. The summed E-state index contributed by atoms with van der Waals surface area (Å²) >= 11 is 0. The van der Waals surface area contributed by atoms with E-state index in [9.17, 15) is 0 Å². The van der Waals surface area contributed by atoms with Gasteiger partial charge in [-0.1, -0.05) is 0 Å². The van der Waals surface area contributed by atoms with Gasteiger partial charge in [-0.05, 0) is 45.1 Å². The van der Waals surface area contributed by atoms with Crippen molar-refractivity contribution in [3.05, 3.63) is 0 Å². The van der Waals surface area contributed by atoms with E-state index in [1.165, 1.54) is 38.8 Å². The number of ether oxygens (including phenoxy) is 1. The molecular weight excluding hydrogens is 250 g/mol. The van der Waals surface area contributed by atoms with Crippen LogP contribution in [0.25, 0.3) is 0 Å². The molecule has 0 aromatic heterocycles. The Hall–Kier alpha value is -0.160. The van der Waals surface area contributed by atoms with Gasteiger partial charge >= 0.3 is 0 Å². The third kappa shape index (κ3) is 2.76. The lowest BCUT2D eigenvalue weighted by Gasteiger charge is -2.43. The molecule has 1 saturated carbocycles. The number of piperazine rings is 1. The summed E-state index contributed by atoms with van der Waals surface area (Å²) in [5.41, 5.74) is 0. The lowest BCUT2D eigenvalue weighted by molar-refractivity contribution is -0.0685. The Morgan fingerprint density at radius 3 is 2.95 bits per heavy atom. The molecule has 3 aliphatic heterocycles. The number of morpholine rings is 1. The second-order valence-corrected chi connectivity index (χ2v) is 7.40. The third-order valence-electron chi connectivity index (χ3n) is 5.82. The van der Waals surface area contributed by atoms with Crippen molar-refractivity contribution in [2.45, 2.75) is 56.8 Å². The molecule has 3 heterocycles. The van der Waals surface area contributed by atoms with Gasteiger partial charge in [-0.15, -0.1) is 0 Å². The van der Waals surface area contributed by atoms with Gasteiger partial charge in [0.2, 0.25) is 0 Å². The van der Waals surface area contributed by atoms with Crippen LogP contribution >= 0.6 is 0 Å². The van der Waals surface area contributed by atoms with Gasteiger partial charge in [-0.2, -0.15) is 0 Å². The predicted octanol–water partition coefficient (Wildman–Crippen LogP) is 0.922. The van der Waals surface area contributed by atoms with Crippen LogP contribution in [-0.2, 0) is 4.74 Å². The maximum atomic E-state index is 6.15. The van der Waals surface area contributed by atoms with Crippen molar-refractivity contribution in [1.29, 1.82) is 0 Å². The van der Waals surface area contributed by atoms with E-state index in [0.717, 1.165) is 44.2 Å². The summed E-state index contributed by atoms with van der Waals surface area (Å²) in [7, 11) is 0. The number of hydrogen-bond acceptors (Lipinski definition) is 4. The van der Waals surface area contributed by atoms with Crippen molar-refractivity contribution in [2.75, 3.05) is 39.3 Å². The molecule has 0 aromatic rings. The van der Waals surface area contributed by atoms with Crippen LogP contribution < -0.4 is 5.32 Å². The lowest BCUT2D eigenvalue weighted by atomic mass is 10.1. The number of fused-ring (bicyclic) bond motifs is 1. The Kier molecular flexibility index (Phi) is 3.75. The van der Waals surface area contributed by atoms with Crippen LogP contribution in [0, 0.1) is 5.92 Å². The molecule has 114 valence electrons. The molecule has 1 aliphatic carbocycles. The fourth-order valence-corrected chi connectivity index (χ4v) is 4.27. The van der Waals surface area contributed by atoms with E-state index in [0.29, 0.717) is 12.1 Å². The summed E-state index contributed by atoms with van der Waals surface area (Å²) in [6.07, 6.45) is 6.03. The van der Waals surface area contributed by atoms with Gasteiger partial charge in [0.1, 0.15) is 0 Å². The molecule has 0 spiro atoms. The van der Waals surface area contributed by atoms with E-state index in [2.05, 4.69) is 22.0 Å². The second kappa shape index (κ2) is 5.56. The standard InChI is InChI=1S/C16H29N3O/c1-12-7-17-16(13-4-5-13)10-19(12)9-15-8-18-6-2-3-14(18)11-20-15/h12-17H,2-11H2,1H3. The van der Waals surface area contributed by atoms with Crippen LogP contribution in [0.3, 0.4) is 0 Å². The highest BCUT2D eigenvalue weighted by Gasteiger charge is 2.38. The van der Waals surface area contributed by atoms with Crippen molar-refractivity contribution in [2.24, 2.45) is 5.92 Å². The molecule has 4 aliphatic rings. The molecule has 3 saturated heterocycles. The Bertz CT molecular complexity index is 347. The quantitative estimate of drug-likeness (QED) is 0.831. The molecule has 4 heteroatoms. The first-order valence-corrected chi connectivity index (χ1v) is 8.62. The zero-order chi connectivity index (χ0) is 13.5. The normalized spacial score (nSPS) is 43.6. The molecule has 0 radical (unpaired) electrons. The molecule has 20 heavy (non-hydrogen) atoms. The minimum absolute atomic E-state index is 0.435. The van der Waals surface area contributed by atoms with Crippen molar-refractivity contribution in [1.82, 2.24) is 15.1 Å². The zero-order valence-electron chi connectivity index (χ0n) is 12.8. The first-order valence-electron chi connectivity index (χ1n) is 8.62. The monoisotopic (exact) mass is 279 g/mol. The van der Waals surface area contributed by atoms with Gasteiger partial charge in [-0.25, -0.2) is 0 Å². The van der Waals surface area contributed by atoms with E-state index in [4.69, 9.17) is 4.74 Å². The molecule has 4 nitrogen and oxygen atoms in total. The highest BCUT2D eigenvalue weighted by Crippen LogP contribution is 2.34. The molecular formula is C16H29N3O. The van der Waals surface area contributed by atoms with Crippen molar-refractivity contribution in [3.8, 4) is 0 Å². The maximum Gasteiger partial charge on any atom is 0.0829 e. The largest absolute Gasteiger partial charge is 0.374 e. The topological polar surface area (TPSA) is 27.7 Å². The van der Waals surface area contributed by atoms with Crippen LogP contribution in [0.1, 0.15) is 32.6 Å². The Morgan fingerprint density at radius 2 is 2.10 bits per heavy atom. The molecule has 0 bridgehead atoms. The average molecular weight is 279 g/mol. The Balaban J connectivity index is 1.32. The number of hydrogen-bond donors (Lipinski definition) is 1. The lowest BCUT2D eigenvalue weighted by Crippen LogP contribution is -2.59. The highest BCUT2D eigenvalue weighted by molar-refractivity contribution is 4.95. The van der Waals surface area contributed by atoms with Crippen molar-refractivity contribution in [3.63, 3.8) is 0 Å². The molecule has 4 fully saturated rings. The first-order chi connectivity index (χ1) is 9.79. The first kappa shape index (κ1) is 13.5. The Labute approximate surface area is 122 Å². The summed E-state index contributed by atoms with van der Waals surface area (Å²) in [6.45, 7) is 9.31. The highest BCUT2D eigenvalue weighted by atomic mass is 16.5. The third-order valence-corrected chi connectivity index (χ3v) is 5.82. The van der Waals surface area contributed by atoms with E-state index >= 15 is 0 Å². The summed E-state index contributed by atoms with van der Waals surface area (Å²) in [4.78, 5) is 5.35. The van der Waals surface area contributed by atoms with E-state index in [-0.39, 0.29) is 0 Å². The average Bonchev–Trinajstić information content (AvgIpc) is 3.19. The molecule has 4 atom stereocenters. The van der Waals surface area contributed by atoms with Crippen LogP contribution in [0.4, 0.5) is 0 Å². The van der Waals surface area contributed by atoms with Crippen LogP contribution in [0.15, 0.2) is 0 Å². The van der Waals surface area contributed by atoms with Gasteiger partial charge in [0.25, 0.3) is 0 Å².